The van der Waals surface area contributed by atoms with Gasteiger partial charge in [-0.1, -0.05) is 0 Å². The van der Waals surface area contributed by atoms with Gasteiger partial charge in [0.2, 0.25) is 10.0 Å². The molecule has 1 rings (SSSR count). The molecule has 0 spiro atoms. The fraction of sp³-hybridized carbons (Fsp3) is 0.714. The van der Waals surface area contributed by atoms with E-state index in [1.807, 2.05) is 14.0 Å². The topological polar surface area (TPSA) is 74.6 Å². The first kappa shape index (κ1) is 18.2. The van der Waals surface area contributed by atoms with E-state index in [-0.39, 0.29) is 11.5 Å². The summed E-state index contributed by atoms with van der Waals surface area (Å²) < 4.78 is 28.7. The molecule has 0 aliphatic rings. The van der Waals surface area contributed by atoms with Crippen LogP contribution in [0.3, 0.4) is 0 Å². The Balaban J connectivity index is 2.59. The van der Waals surface area contributed by atoms with Gasteiger partial charge in [0, 0.05) is 31.0 Å². The van der Waals surface area contributed by atoms with Crippen LogP contribution in [0.25, 0.3) is 0 Å². The molecule has 21 heavy (non-hydrogen) atoms. The lowest BCUT2D eigenvalue weighted by atomic mass is 10.3. The molecule has 7 heteroatoms. The van der Waals surface area contributed by atoms with Gasteiger partial charge in [-0.15, -0.1) is 0 Å². The van der Waals surface area contributed by atoms with Crippen LogP contribution in [0.15, 0.2) is 17.2 Å². The second-order valence-corrected chi connectivity index (χ2v) is 7.20. The highest BCUT2D eigenvalue weighted by atomic mass is 32.2. The van der Waals surface area contributed by atoms with E-state index >= 15 is 0 Å². The van der Waals surface area contributed by atoms with Gasteiger partial charge in [-0.25, -0.2) is 13.1 Å². The summed E-state index contributed by atoms with van der Waals surface area (Å²) in [6.45, 7) is 7.84. The van der Waals surface area contributed by atoms with Crippen molar-refractivity contribution in [2.24, 2.45) is 0 Å². The highest BCUT2D eigenvalue weighted by molar-refractivity contribution is 7.89. The number of aryl methyl sites for hydroxylation is 1. The molecule has 0 saturated carbocycles. The summed E-state index contributed by atoms with van der Waals surface area (Å²) >= 11 is 0. The second kappa shape index (κ2) is 7.93. The predicted molar refractivity (Wildman–Crippen MR) is 83.6 cm³/mol. The van der Waals surface area contributed by atoms with Crippen molar-refractivity contribution < 1.29 is 13.5 Å². The minimum absolute atomic E-state index is 0.164. The van der Waals surface area contributed by atoms with Crippen LogP contribution in [0.2, 0.25) is 0 Å². The third kappa shape index (κ3) is 5.10. The summed E-state index contributed by atoms with van der Waals surface area (Å²) in [5.41, 5.74) is 0.609. The molecule has 0 unspecified atom stereocenters. The largest absolute Gasteiger partial charge is 0.390 e. The van der Waals surface area contributed by atoms with Crippen LogP contribution in [0.1, 0.15) is 32.9 Å². The number of sulfonamides is 1. The summed E-state index contributed by atoms with van der Waals surface area (Å²) in [4.78, 5) is 2.39. The summed E-state index contributed by atoms with van der Waals surface area (Å²) in [6.07, 6.45) is 2.32. The van der Waals surface area contributed by atoms with E-state index in [9.17, 15) is 13.5 Å². The molecule has 0 bridgehead atoms. The van der Waals surface area contributed by atoms with Crippen LogP contribution in [0.5, 0.6) is 0 Å². The number of hydrogen-bond donors (Lipinski definition) is 2. The SMILES string of the molecule is CCn1cc(S(=O)(=O)NCCCN(C)C(C)C)cc1CO. The van der Waals surface area contributed by atoms with E-state index in [1.165, 1.54) is 6.07 Å². The van der Waals surface area contributed by atoms with Crippen LogP contribution in [-0.2, 0) is 23.2 Å². The summed E-state index contributed by atoms with van der Waals surface area (Å²) in [6, 6.07) is 1.97. The van der Waals surface area contributed by atoms with Crippen LogP contribution in [-0.4, -0.2) is 49.2 Å². The predicted octanol–water partition coefficient (Wildman–Crippen LogP) is 1.01. The van der Waals surface area contributed by atoms with Gasteiger partial charge < -0.3 is 14.6 Å². The fourth-order valence-corrected chi connectivity index (χ4v) is 3.11. The molecule has 2 N–H and O–H groups in total. The molecule has 122 valence electrons. The van der Waals surface area contributed by atoms with Crippen LogP contribution < -0.4 is 4.72 Å². The quantitative estimate of drug-likeness (QED) is 0.667. The number of hydrogen-bond acceptors (Lipinski definition) is 4. The Morgan fingerprint density at radius 2 is 2.10 bits per heavy atom. The molecule has 6 nitrogen and oxygen atoms in total. The van der Waals surface area contributed by atoms with Crippen molar-refractivity contribution in [3.05, 3.63) is 18.0 Å². The summed E-state index contributed by atoms with van der Waals surface area (Å²) in [7, 11) is -1.48. The third-order valence-corrected chi connectivity index (χ3v) is 5.06. The van der Waals surface area contributed by atoms with E-state index < -0.39 is 10.0 Å². The molecular weight excluding hydrogens is 290 g/mol. The molecule has 0 aliphatic heterocycles. The maximum Gasteiger partial charge on any atom is 0.242 e. The second-order valence-electron chi connectivity index (χ2n) is 5.44. The zero-order chi connectivity index (χ0) is 16.0. The first-order chi connectivity index (χ1) is 9.81. The average Bonchev–Trinajstić information content (AvgIpc) is 2.87. The molecule has 1 aromatic heterocycles. The molecule has 0 aromatic carbocycles. The van der Waals surface area contributed by atoms with Gasteiger partial charge in [-0.05, 0) is 46.9 Å². The van der Waals surface area contributed by atoms with Gasteiger partial charge in [-0.2, -0.15) is 0 Å². The van der Waals surface area contributed by atoms with Gasteiger partial charge in [0.1, 0.15) is 0 Å². The van der Waals surface area contributed by atoms with Crippen molar-refractivity contribution in [3.63, 3.8) is 0 Å². The maximum atomic E-state index is 12.2. The molecule has 0 radical (unpaired) electrons. The number of aliphatic hydroxyl groups excluding tert-OH is 1. The molecule has 1 aromatic rings. The fourth-order valence-electron chi connectivity index (χ4n) is 1.98. The van der Waals surface area contributed by atoms with Gasteiger partial charge >= 0.3 is 0 Å². The summed E-state index contributed by atoms with van der Waals surface area (Å²) in [5.74, 6) is 0. The van der Waals surface area contributed by atoms with Gasteiger partial charge in [0.15, 0.2) is 0 Å². The van der Waals surface area contributed by atoms with Crippen molar-refractivity contribution in [3.8, 4) is 0 Å². The Bertz CT molecular complexity index is 516. The van der Waals surface area contributed by atoms with Crippen LogP contribution in [0, 0.1) is 0 Å². The van der Waals surface area contributed by atoms with Crippen molar-refractivity contribution in [1.29, 1.82) is 0 Å². The standard InChI is InChI=1S/C14H27N3O3S/c1-5-17-10-14(9-13(17)11-18)21(19,20)15-7-6-8-16(4)12(2)3/h9-10,12,15,18H,5-8,11H2,1-4H3. The summed E-state index contributed by atoms with van der Waals surface area (Å²) in [5, 5.41) is 9.21. The number of nitrogens with zero attached hydrogens (tertiary/aromatic N) is 2. The molecular formula is C14H27N3O3S. The van der Waals surface area contributed by atoms with E-state index in [4.69, 9.17) is 0 Å². The first-order valence-electron chi connectivity index (χ1n) is 7.31. The van der Waals surface area contributed by atoms with Gasteiger partial charge in [-0.3, -0.25) is 0 Å². The van der Waals surface area contributed by atoms with E-state index in [0.29, 0.717) is 24.8 Å². The number of aromatic nitrogens is 1. The lowest BCUT2D eigenvalue weighted by Gasteiger charge is -2.20. The molecule has 1 heterocycles. The van der Waals surface area contributed by atoms with E-state index in [0.717, 1.165) is 13.0 Å². The van der Waals surface area contributed by atoms with Crippen molar-refractivity contribution in [2.75, 3.05) is 20.1 Å². The lowest BCUT2D eigenvalue weighted by Crippen LogP contribution is -2.31. The average molecular weight is 317 g/mol. The number of nitrogens with one attached hydrogen (secondary N) is 1. The van der Waals surface area contributed by atoms with Crippen molar-refractivity contribution >= 4 is 10.0 Å². The number of rotatable bonds is 9. The van der Waals surface area contributed by atoms with Gasteiger partial charge in [0.25, 0.3) is 0 Å². The third-order valence-electron chi connectivity index (χ3n) is 3.64. The minimum Gasteiger partial charge on any atom is -0.390 e. The van der Waals surface area contributed by atoms with Crippen molar-refractivity contribution in [2.45, 2.75) is 51.3 Å². The van der Waals surface area contributed by atoms with Crippen LogP contribution in [0.4, 0.5) is 0 Å². The number of aliphatic hydroxyl groups is 1. The highest BCUT2D eigenvalue weighted by Crippen LogP contribution is 2.14. The molecule has 0 aliphatic carbocycles. The Morgan fingerprint density at radius 1 is 1.43 bits per heavy atom. The maximum absolute atomic E-state index is 12.2. The molecule has 0 fully saturated rings. The van der Waals surface area contributed by atoms with E-state index in [2.05, 4.69) is 23.5 Å². The van der Waals surface area contributed by atoms with E-state index in [1.54, 1.807) is 10.8 Å². The molecule has 0 amide bonds. The zero-order valence-electron chi connectivity index (χ0n) is 13.3. The Hall–Kier alpha value is -0.890. The Labute approximate surface area is 127 Å². The first-order valence-corrected chi connectivity index (χ1v) is 8.80. The zero-order valence-corrected chi connectivity index (χ0v) is 14.2. The molecule has 0 saturated heterocycles. The Morgan fingerprint density at radius 3 is 2.57 bits per heavy atom. The van der Waals surface area contributed by atoms with Crippen molar-refractivity contribution in [1.82, 2.24) is 14.2 Å². The lowest BCUT2D eigenvalue weighted by molar-refractivity contribution is 0.271. The smallest absolute Gasteiger partial charge is 0.242 e. The normalized spacial score (nSPS) is 12.5. The Kier molecular flexibility index (Phi) is 6.86. The molecule has 0 atom stereocenters. The minimum atomic E-state index is -3.50. The van der Waals surface area contributed by atoms with Crippen LogP contribution >= 0.6 is 0 Å². The highest BCUT2D eigenvalue weighted by Gasteiger charge is 2.17. The monoisotopic (exact) mass is 317 g/mol. The van der Waals surface area contributed by atoms with Gasteiger partial charge in [0.05, 0.1) is 11.5 Å².